The monoisotopic (exact) mass is 378 g/mol. The van der Waals surface area contributed by atoms with Gasteiger partial charge in [-0.3, -0.25) is 4.99 Å². The van der Waals surface area contributed by atoms with Crippen molar-refractivity contribution in [2.45, 2.75) is 45.3 Å². The number of piperidine rings is 1. The summed E-state index contributed by atoms with van der Waals surface area (Å²) in [5.41, 5.74) is 6.50. The highest BCUT2D eigenvalue weighted by atomic mass is 16.6. The zero-order valence-corrected chi connectivity index (χ0v) is 16.3. The zero-order valence-electron chi connectivity index (χ0n) is 16.3. The Morgan fingerprint density at radius 2 is 1.81 bits per heavy atom. The van der Waals surface area contributed by atoms with Gasteiger partial charge in [-0.2, -0.15) is 0 Å². The number of hydrogen-bond donors (Lipinski definition) is 2. The number of carbonyl (C=O) groups is 1. The number of aliphatic imine (C=N–C) groups is 1. The quantitative estimate of drug-likeness (QED) is 0.339. The van der Waals surface area contributed by atoms with Crippen molar-refractivity contribution in [3.05, 3.63) is 29.8 Å². The second kappa shape index (κ2) is 9.57. The van der Waals surface area contributed by atoms with E-state index < -0.39 is 5.60 Å². The number of likely N-dealkylation sites (tertiary alicyclic amines) is 1. The summed E-state index contributed by atoms with van der Waals surface area (Å²) in [4.78, 5) is 22.9. The minimum atomic E-state index is -0.482. The average Bonchev–Trinajstić information content (AvgIpc) is 2.61. The predicted octanol–water partition coefficient (Wildman–Crippen LogP) is 2.06. The molecule has 1 fully saturated rings. The van der Waals surface area contributed by atoms with Crippen molar-refractivity contribution in [1.82, 2.24) is 4.90 Å². The van der Waals surface area contributed by atoms with E-state index in [1.165, 1.54) is 0 Å². The van der Waals surface area contributed by atoms with E-state index in [-0.39, 0.29) is 12.1 Å². The largest absolute Gasteiger partial charge is 0.491 e. The number of carbonyl (C=O) groups excluding carboxylic acids is 1. The maximum absolute atomic E-state index is 12.1. The molecule has 1 saturated heterocycles. The third-order valence-electron chi connectivity index (χ3n) is 4.06. The fourth-order valence-electron chi connectivity index (χ4n) is 2.70. The number of rotatable bonds is 6. The van der Waals surface area contributed by atoms with Crippen LogP contribution in [-0.4, -0.2) is 54.8 Å². The highest BCUT2D eigenvalue weighted by Crippen LogP contribution is 2.18. The highest BCUT2D eigenvalue weighted by molar-refractivity contribution is 5.97. The normalized spacial score (nSPS) is 16.3. The van der Waals surface area contributed by atoms with E-state index in [4.69, 9.17) is 21.1 Å². The molecule has 1 aliphatic heterocycles. The van der Waals surface area contributed by atoms with E-state index in [9.17, 15) is 4.79 Å². The minimum absolute atomic E-state index is 0.0984. The van der Waals surface area contributed by atoms with Gasteiger partial charge < -0.3 is 24.9 Å². The number of amides is 1. The first kappa shape index (κ1) is 21.0. The summed E-state index contributed by atoms with van der Waals surface area (Å²) in [5.74, 6) is 6.16. The molecule has 27 heavy (non-hydrogen) atoms. The zero-order chi connectivity index (χ0) is 19.9. The van der Waals surface area contributed by atoms with Gasteiger partial charge in [0.2, 0.25) is 0 Å². The third-order valence-corrected chi connectivity index (χ3v) is 4.06. The fraction of sp³-hybridized carbons (Fsp3) is 0.579. The summed E-state index contributed by atoms with van der Waals surface area (Å²) >= 11 is 0. The Kier molecular flexibility index (Phi) is 7.44. The number of nitrogens with zero attached hydrogens (tertiary/aromatic N) is 2. The molecule has 0 aliphatic carbocycles. The smallest absolute Gasteiger partial charge is 0.410 e. The lowest BCUT2D eigenvalue weighted by Crippen LogP contribution is -2.42. The molecule has 0 bridgehead atoms. The molecule has 8 heteroatoms. The molecular formula is C19H30N4O4. The van der Waals surface area contributed by atoms with Crippen LogP contribution in [0.2, 0.25) is 0 Å². The third kappa shape index (κ3) is 7.07. The van der Waals surface area contributed by atoms with Crippen molar-refractivity contribution in [3.63, 3.8) is 0 Å². The second-order valence-electron chi connectivity index (χ2n) is 7.46. The van der Waals surface area contributed by atoms with Crippen LogP contribution in [0.4, 0.5) is 4.79 Å². The van der Waals surface area contributed by atoms with Gasteiger partial charge in [0.15, 0.2) is 0 Å². The molecule has 0 saturated carbocycles. The number of hydrogen-bond acceptors (Lipinski definition) is 6. The van der Waals surface area contributed by atoms with Gasteiger partial charge >= 0.3 is 6.09 Å². The van der Waals surface area contributed by atoms with Crippen molar-refractivity contribution in [3.8, 4) is 5.75 Å². The van der Waals surface area contributed by atoms with Crippen molar-refractivity contribution in [2.24, 2.45) is 16.6 Å². The van der Waals surface area contributed by atoms with Gasteiger partial charge in [-0.05, 0) is 57.9 Å². The molecule has 8 nitrogen and oxygen atoms in total. The summed E-state index contributed by atoms with van der Waals surface area (Å²) in [6, 6.07) is 7.50. The van der Waals surface area contributed by atoms with E-state index in [1.807, 2.05) is 45.0 Å². The SMILES string of the molecule is CC(C)(C)OC(=O)N1CCC(N=C(N)c2ccc(OCCON)cc2)CC1. The van der Waals surface area contributed by atoms with Crippen LogP contribution in [0.25, 0.3) is 0 Å². The average molecular weight is 378 g/mol. The number of amidine groups is 1. The van der Waals surface area contributed by atoms with Crippen LogP contribution in [0.3, 0.4) is 0 Å². The van der Waals surface area contributed by atoms with Gasteiger partial charge in [0.05, 0.1) is 6.04 Å². The lowest BCUT2D eigenvalue weighted by Gasteiger charge is -2.32. The molecule has 0 unspecified atom stereocenters. The van der Waals surface area contributed by atoms with Crippen molar-refractivity contribution in [1.29, 1.82) is 0 Å². The maximum atomic E-state index is 12.1. The van der Waals surface area contributed by atoms with Crippen LogP contribution in [0.5, 0.6) is 5.75 Å². The Labute approximate surface area is 160 Å². The molecule has 0 radical (unpaired) electrons. The van der Waals surface area contributed by atoms with E-state index in [1.54, 1.807) is 4.90 Å². The van der Waals surface area contributed by atoms with E-state index in [0.717, 1.165) is 18.4 Å². The molecule has 1 aromatic carbocycles. The Bertz CT molecular complexity index is 632. The van der Waals surface area contributed by atoms with Crippen molar-refractivity contribution >= 4 is 11.9 Å². The lowest BCUT2D eigenvalue weighted by atomic mass is 10.1. The summed E-state index contributed by atoms with van der Waals surface area (Å²) < 4.78 is 10.9. The van der Waals surface area contributed by atoms with Crippen LogP contribution in [0.1, 0.15) is 39.2 Å². The molecular weight excluding hydrogens is 348 g/mol. The molecule has 1 amide bonds. The molecule has 2 rings (SSSR count). The first-order chi connectivity index (χ1) is 12.8. The van der Waals surface area contributed by atoms with Crippen molar-refractivity contribution in [2.75, 3.05) is 26.3 Å². The fourth-order valence-corrected chi connectivity index (χ4v) is 2.70. The highest BCUT2D eigenvalue weighted by Gasteiger charge is 2.26. The number of nitrogens with two attached hydrogens (primary N) is 2. The first-order valence-electron chi connectivity index (χ1n) is 9.14. The standard InChI is InChI=1S/C19H30N4O4/c1-19(2,3)27-18(24)23-10-8-15(9-11-23)22-17(20)14-4-6-16(7-5-14)25-12-13-26-21/h4-7,15H,8-13,21H2,1-3H3,(H2,20,22). The molecule has 1 aromatic rings. The van der Waals surface area contributed by atoms with Gasteiger partial charge in [-0.25, -0.2) is 10.7 Å². The van der Waals surface area contributed by atoms with Crippen LogP contribution in [0, 0.1) is 0 Å². The molecule has 1 aliphatic rings. The molecule has 0 atom stereocenters. The van der Waals surface area contributed by atoms with Crippen LogP contribution >= 0.6 is 0 Å². The lowest BCUT2D eigenvalue weighted by molar-refractivity contribution is 0.0207. The van der Waals surface area contributed by atoms with Crippen LogP contribution < -0.4 is 16.4 Å². The Morgan fingerprint density at radius 1 is 1.19 bits per heavy atom. The number of ether oxygens (including phenoxy) is 2. The minimum Gasteiger partial charge on any atom is -0.491 e. The topological polar surface area (TPSA) is 112 Å². The molecule has 150 valence electrons. The van der Waals surface area contributed by atoms with Crippen LogP contribution in [-0.2, 0) is 9.57 Å². The van der Waals surface area contributed by atoms with Crippen molar-refractivity contribution < 1.29 is 19.1 Å². The van der Waals surface area contributed by atoms with Gasteiger partial charge in [0.25, 0.3) is 0 Å². The molecule has 0 aromatic heterocycles. The summed E-state index contributed by atoms with van der Waals surface area (Å²) in [6.45, 7) is 7.54. The predicted molar refractivity (Wildman–Crippen MR) is 104 cm³/mol. The summed E-state index contributed by atoms with van der Waals surface area (Å²) in [6.07, 6.45) is 1.26. The molecule has 1 heterocycles. The Hall–Kier alpha value is -2.32. The summed E-state index contributed by atoms with van der Waals surface area (Å²) in [7, 11) is 0. The van der Waals surface area contributed by atoms with Gasteiger partial charge in [0.1, 0.15) is 30.4 Å². The maximum Gasteiger partial charge on any atom is 0.410 e. The number of benzene rings is 1. The molecule has 0 spiro atoms. The van der Waals surface area contributed by atoms with Gasteiger partial charge in [0, 0.05) is 18.7 Å². The van der Waals surface area contributed by atoms with E-state index >= 15 is 0 Å². The van der Waals surface area contributed by atoms with E-state index in [2.05, 4.69) is 9.83 Å². The molecule has 4 N–H and O–H groups in total. The van der Waals surface area contributed by atoms with E-state index in [0.29, 0.717) is 37.9 Å². The Morgan fingerprint density at radius 3 is 2.37 bits per heavy atom. The first-order valence-corrected chi connectivity index (χ1v) is 9.14. The Balaban J connectivity index is 1.85. The van der Waals surface area contributed by atoms with Gasteiger partial charge in [-0.1, -0.05) is 0 Å². The second-order valence-corrected chi connectivity index (χ2v) is 7.46. The summed E-state index contributed by atoms with van der Waals surface area (Å²) in [5, 5.41) is 0. The van der Waals surface area contributed by atoms with Gasteiger partial charge in [-0.15, -0.1) is 0 Å². The van der Waals surface area contributed by atoms with Crippen LogP contribution in [0.15, 0.2) is 29.3 Å².